The van der Waals surface area contributed by atoms with Crippen molar-refractivity contribution in [3.63, 3.8) is 0 Å². The standard InChI is InChI=1S/C18H22N4O2/c1-13(2)18(24)22-10-8-21(9-11-22)15-12-16(23)19-20-17(15)14-6-4-3-5-7-14/h3-7,12-13H,8-11H2,1-2H3,(H,19,23). The Morgan fingerprint density at radius 1 is 1.12 bits per heavy atom. The number of piperazine rings is 1. The fourth-order valence-electron chi connectivity index (χ4n) is 2.98. The highest BCUT2D eigenvalue weighted by atomic mass is 16.2. The van der Waals surface area contributed by atoms with E-state index in [0.29, 0.717) is 26.2 Å². The van der Waals surface area contributed by atoms with Crippen LogP contribution in [-0.4, -0.2) is 47.2 Å². The Kier molecular flexibility index (Phi) is 4.64. The number of carbonyl (C=O) groups is 1. The Bertz CT molecular complexity index is 762. The van der Waals surface area contributed by atoms with Crippen molar-refractivity contribution < 1.29 is 4.79 Å². The Balaban J connectivity index is 1.85. The molecule has 1 saturated heterocycles. The van der Waals surface area contributed by atoms with Gasteiger partial charge in [0.2, 0.25) is 5.91 Å². The number of aromatic amines is 1. The third kappa shape index (κ3) is 3.32. The third-order valence-electron chi connectivity index (χ3n) is 4.26. The van der Waals surface area contributed by atoms with Crippen molar-refractivity contribution in [3.05, 3.63) is 46.8 Å². The highest BCUT2D eigenvalue weighted by molar-refractivity contribution is 5.79. The number of aromatic nitrogens is 2. The quantitative estimate of drug-likeness (QED) is 0.933. The average Bonchev–Trinajstić information content (AvgIpc) is 2.62. The Labute approximate surface area is 141 Å². The number of benzene rings is 1. The molecule has 2 heterocycles. The lowest BCUT2D eigenvalue weighted by molar-refractivity contribution is -0.134. The summed E-state index contributed by atoms with van der Waals surface area (Å²) in [6.07, 6.45) is 0. The fourth-order valence-corrected chi connectivity index (χ4v) is 2.98. The maximum absolute atomic E-state index is 12.1. The maximum Gasteiger partial charge on any atom is 0.266 e. The van der Waals surface area contributed by atoms with E-state index in [-0.39, 0.29) is 17.4 Å². The van der Waals surface area contributed by atoms with E-state index >= 15 is 0 Å². The van der Waals surface area contributed by atoms with Crippen LogP contribution in [0.3, 0.4) is 0 Å². The molecule has 1 aromatic heterocycles. The second-order valence-corrected chi connectivity index (χ2v) is 6.30. The number of rotatable bonds is 3. The summed E-state index contributed by atoms with van der Waals surface area (Å²) in [5, 5.41) is 6.77. The number of anilines is 1. The van der Waals surface area contributed by atoms with Crippen molar-refractivity contribution in [3.8, 4) is 11.3 Å². The number of carbonyl (C=O) groups excluding carboxylic acids is 1. The highest BCUT2D eigenvalue weighted by Crippen LogP contribution is 2.27. The van der Waals surface area contributed by atoms with Gasteiger partial charge in [0.05, 0.1) is 5.69 Å². The van der Waals surface area contributed by atoms with Gasteiger partial charge in [0.1, 0.15) is 5.69 Å². The summed E-state index contributed by atoms with van der Waals surface area (Å²) in [6.45, 7) is 6.56. The van der Waals surface area contributed by atoms with Gasteiger partial charge in [0, 0.05) is 43.7 Å². The van der Waals surface area contributed by atoms with Gasteiger partial charge in [-0.3, -0.25) is 9.59 Å². The Hall–Kier alpha value is -2.63. The monoisotopic (exact) mass is 326 g/mol. The van der Waals surface area contributed by atoms with E-state index in [4.69, 9.17) is 0 Å². The molecule has 1 N–H and O–H groups in total. The minimum atomic E-state index is -0.217. The molecule has 0 spiro atoms. The van der Waals surface area contributed by atoms with Gasteiger partial charge in [0.15, 0.2) is 0 Å². The van der Waals surface area contributed by atoms with Crippen LogP contribution in [0.25, 0.3) is 11.3 Å². The lowest BCUT2D eigenvalue weighted by Crippen LogP contribution is -2.50. The van der Waals surface area contributed by atoms with Gasteiger partial charge in [-0.05, 0) is 0 Å². The van der Waals surface area contributed by atoms with Gasteiger partial charge in [-0.2, -0.15) is 5.10 Å². The molecule has 0 bridgehead atoms. The van der Waals surface area contributed by atoms with E-state index in [9.17, 15) is 9.59 Å². The zero-order chi connectivity index (χ0) is 17.1. The molecule has 3 rings (SSSR count). The zero-order valence-electron chi connectivity index (χ0n) is 14.0. The molecule has 24 heavy (non-hydrogen) atoms. The first-order chi connectivity index (χ1) is 11.6. The molecule has 1 fully saturated rings. The number of amides is 1. The van der Waals surface area contributed by atoms with Gasteiger partial charge in [-0.25, -0.2) is 5.10 Å². The molecule has 6 heteroatoms. The van der Waals surface area contributed by atoms with E-state index in [0.717, 1.165) is 16.9 Å². The number of H-pyrrole nitrogens is 1. The van der Waals surface area contributed by atoms with Crippen molar-refractivity contribution in [1.29, 1.82) is 0 Å². The molecule has 2 aromatic rings. The summed E-state index contributed by atoms with van der Waals surface area (Å²) in [4.78, 5) is 27.9. The summed E-state index contributed by atoms with van der Waals surface area (Å²) >= 11 is 0. The molecule has 0 radical (unpaired) electrons. The van der Waals surface area contributed by atoms with Gasteiger partial charge in [0.25, 0.3) is 5.56 Å². The first kappa shape index (κ1) is 16.2. The number of nitrogens with one attached hydrogen (secondary N) is 1. The zero-order valence-corrected chi connectivity index (χ0v) is 14.0. The topological polar surface area (TPSA) is 69.3 Å². The van der Waals surface area contributed by atoms with Gasteiger partial charge in [-0.1, -0.05) is 44.2 Å². The first-order valence-corrected chi connectivity index (χ1v) is 8.25. The predicted octanol–water partition coefficient (Wildman–Crippen LogP) is 1.74. The SMILES string of the molecule is CC(C)C(=O)N1CCN(c2cc(=O)[nH]nc2-c2ccccc2)CC1. The smallest absolute Gasteiger partial charge is 0.266 e. The minimum Gasteiger partial charge on any atom is -0.366 e. The van der Waals surface area contributed by atoms with Crippen LogP contribution < -0.4 is 10.5 Å². The van der Waals surface area contributed by atoms with Crippen LogP contribution >= 0.6 is 0 Å². The highest BCUT2D eigenvalue weighted by Gasteiger charge is 2.25. The van der Waals surface area contributed by atoms with E-state index in [1.807, 2.05) is 49.1 Å². The van der Waals surface area contributed by atoms with Crippen molar-refractivity contribution in [2.24, 2.45) is 5.92 Å². The summed E-state index contributed by atoms with van der Waals surface area (Å²) < 4.78 is 0. The van der Waals surface area contributed by atoms with Crippen molar-refractivity contribution in [2.75, 3.05) is 31.1 Å². The summed E-state index contributed by atoms with van der Waals surface area (Å²) in [5.74, 6) is 0.194. The van der Waals surface area contributed by atoms with Crippen LogP contribution in [0, 0.1) is 5.92 Å². The maximum atomic E-state index is 12.1. The van der Waals surface area contributed by atoms with Crippen molar-refractivity contribution >= 4 is 11.6 Å². The number of hydrogen-bond donors (Lipinski definition) is 1. The van der Waals surface area contributed by atoms with Crippen LogP contribution in [0.15, 0.2) is 41.2 Å². The number of hydrogen-bond acceptors (Lipinski definition) is 4. The molecular weight excluding hydrogens is 304 g/mol. The van der Waals surface area contributed by atoms with Gasteiger partial charge < -0.3 is 9.80 Å². The molecule has 126 valence electrons. The largest absolute Gasteiger partial charge is 0.366 e. The van der Waals surface area contributed by atoms with Crippen LogP contribution in [-0.2, 0) is 4.79 Å². The molecule has 1 aliphatic heterocycles. The molecular formula is C18H22N4O2. The normalized spacial score (nSPS) is 15.0. The second kappa shape index (κ2) is 6.86. The molecule has 0 aliphatic carbocycles. The van der Waals surface area contributed by atoms with E-state index in [1.165, 1.54) is 0 Å². The molecule has 0 atom stereocenters. The average molecular weight is 326 g/mol. The van der Waals surface area contributed by atoms with Crippen LogP contribution in [0.1, 0.15) is 13.8 Å². The molecule has 0 unspecified atom stereocenters. The third-order valence-corrected chi connectivity index (χ3v) is 4.26. The minimum absolute atomic E-state index is 0.0117. The number of nitrogens with zero attached hydrogens (tertiary/aromatic N) is 3. The van der Waals surface area contributed by atoms with Crippen molar-refractivity contribution in [2.45, 2.75) is 13.8 Å². The van der Waals surface area contributed by atoms with Gasteiger partial charge in [-0.15, -0.1) is 0 Å². The molecule has 0 saturated carbocycles. The molecule has 1 amide bonds. The lowest BCUT2D eigenvalue weighted by Gasteiger charge is -2.37. The summed E-state index contributed by atoms with van der Waals surface area (Å²) in [5.41, 5.74) is 2.33. The summed E-state index contributed by atoms with van der Waals surface area (Å²) in [7, 11) is 0. The predicted molar refractivity (Wildman–Crippen MR) is 93.9 cm³/mol. The second-order valence-electron chi connectivity index (χ2n) is 6.30. The van der Waals surface area contributed by atoms with E-state index in [1.54, 1.807) is 6.07 Å². The first-order valence-electron chi connectivity index (χ1n) is 8.25. The Morgan fingerprint density at radius 2 is 1.79 bits per heavy atom. The van der Waals surface area contributed by atoms with Crippen LogP contribution in [0.2, 0.25) is 0 Å². The summed E-state index contributed by atoms with van der Waals surface area (Å²) in [6, 6.07) is 11.4. The van der Waals surface area contributed by atoms with E-state index < -0.39 is 0 Å². The molecule has 1 aromatic carbocycles. The Morgan fingerprint density at radius 3 is 2.42 bits per heavy atom. The molecule has 1 aliphatic rings. The van der Waals surface area contributed by atoms with Crippen molar-refractivity contribution in [1.82, 2.24) is 15.1 Å². The van der Waals surface area contributed by atoms with E-state index in [2.05, 4.69) is 15.1 Å². The van der Waals surface area contributed by atoms with Crippen LogP contribution in [0.4, 0.5) is 5.69 Å². The fraction of sp³-hybridized carbons (Fsp3) is 0.389. The van der Waals surface area contributed by atoms with Gasteiger partial charge >= 0.3 is 0 Å². The molecule has 6 nitrogen and oxygen atoms in total. The van der Waals surface area contributed by atoms with Crippen LogP contribution in [0.5, 0.6) is 0 Å². The lowest BCUT2D eigenvalue weighted by atomic mass is 10.1.